The molecule has 37 heavy (non-hydrogen) atoms. The summed E-state index contributed by atoms with van der Waals surface area (Å²) in [7, 11) is 0. The smallest absolute Gasteiger partial charge is 0.303 e. The monoisotopic (exact) mass is 555 g/mol. The van der Waals surface area contributed by atoms with Crippen molar-refractivity contribution in [2.24, 2.45) is 0 Å². The first-order valence-electron chi connectivity index (χ1n) is 11.0. The molecule has 12 nitrogen and oxygen atoms in total. The van der Waals surface area contributed by atoms with Gasteiger partial charge in [-0.1, -0.05) is 24.0 Å². The molecular formula is C23H25NO11S2. The molecule has 2 aliphatic heterocycles. The van der Waals surface area contributed by atoms with E-state index in [1.54, 1.807) is 19.1 Å². The van der Waals surface area contributed by atoms with E-state index in [1.807, 2.05) is 0 Å². The Bertz CT molecular complexity index is 1130. The zero-order valence-electron chi connectivity index (χ0n) is 20.6. The SMILES string of the molecule is CC(=O)OC[C@@H]1O[C@H](N2C(=O)/C(=C(\C)c3ccco3)SC2=S)[C@H](OC(C)=O)[C@H](OC(C)=O)[C@@H]1OC(C)=O. The Kier molecular flexibility index (Phi) is 9.10. The van der Waals surface area contributed by atoms with Crippen molar-refractivity contribution >= 4 is 63.7 Å². The van der Waals surface area contributed by atoms with Gasteiger partial charge in [0.1, 0.15) is 18.5 Å². The number of amides is 1. The van der Waals surface area contributed by atoms with E-state index in [9.17, 15) is 24.0 Å². The largest absolute Gasteiger partial charge is 0.465 e. The number of hydrogen-bond donors (Lipinski definition) is 0. The molecule has 3 heterocycles. The Hall–Kier alpha value is -3.23. The Balaban J connectivity index is 2.08. The standard InChI is InChI=1S/C23H25NO11S2/c1-10(15-7-6-8-30-15)20-21(29)24(23(36)37-20)22-19(34-14(5)28)18(33-13(4)27)17(32-12(3)26)16(35-22)9-31-11(2)25/h6-8,16-19,22H,9H2,1-5H3/b20-10-/t16-,17+,18+,19+,22-/m0/s1. The number of allylic oxidation sites excluding steroid dienone is 1. The highest BCUT2D eigenvalue weighted by molar-refractivity contribution is 8.26. The van der Waals surface area contributed by atoms with Crippen LogP contribution in [0.15, 0.2) is 27.7 Å². The lowest BCUT2D eigenvalue weighted by atomic mass is 9.96. The number of rotatable bonds is 7. The Morgan fingerprint density at radius 3 is 2.08 bits per heavy atom. The van der Waals surface area contributed by atoms with E-state index in [-0.39, 0.29) is 9.23 Å². The van der Waals surface area contributed by atoms with Gasteiger partial charge in [0.25, 0.3) is 5.91 Å². The molecule has 2 aliphatic rings. The second-order valence-electron chi connectivity index (χ2n) is 8.06. The van der Waals surface area contributed by atoms with Gasteiger partial charge in [0.2, 0.25) is 0 Å². The summed E-state index contributed by atoms with van der Waals surface area (Å²) in [6.45, 7) is 5.75. The van der Waals surface area contributed by atoms with Crippen molar-refractivity contribution in [3.8, 4) is 0 Å². The molecule has 0 aromatic carbocycles. The normalized spacial score (nSPS) is 26.9. The van der Waals surface area contributed by atoms with E-state index in [2.05, 4.69) is 0 Å². The average Bonchev–Trinajstić information content (AvgIpc) is 3.42. The molecule has 5 atom stereocenters. The zero-order valence-corrected chi connectivity index (χ0v) is 22.2. The minimum absolute atomic E-state index is 0.0619. The topological polar surface area (TPSA) is 148 Å². The van der Waals surface area contributed by atoms with Crippen molar-refractivity contribution in [3.05, 3.63) is 29.1 Å². The number of thioether (sulfide) groups is 1. The Morgan fingerprint density at radius 2 is 1.54 bits per heavy atom. The minimum Gasteiger partial charge on any atom is -0.465 e. The van der Waals surface area contributed by atoms with Gasteiger partial charge in [-0.2, -0.15) is 0 Å². The van der Waals surface area contributed by atoms with Crippen molar-refractivity contribution in [2.75, 3.05) is 6.61 Å². The van der Waals surface area contributed by atoms with Crippen LogP contribution in [0.5, 0.6) is 0 Å². The second kappa shape index (κ2) is 11.9. The average molecular weight is 556 g/mol. The predicted molar refractivity (Wildman–Crippen MR) is 130 cm³/mol. The summed E-state index contributed by atoms with van der Waals surface area (Å²) in [5, 5.41) is 0. The third-order valence-electron chi connectivity index (χ3n) is 5.25. The first-order valence-corrected chi connectivity index (χ1v) is 12.2. The molecular weight excluding hydrogens is 530 g/mol. The van der Waals surface area contributed by atoms with Crippen LogP contribution in [0.1, 0.15) is 40.4 Å². The molecule has 0 aliphatic carbocycles. The van der Waals surface area contributed by atoms with Crippen molar-refractivity contribution < 1.29 is 52.1 Å². The number of furan rings is 1. The van der Waals surface area contributed by atoms with Crippen molar-refractivity contribution in [2.45, 2.75) is 65.3 Å². The maximum atomic E-state index is 13.6. The summed E-state index contributed by atoms with van der Waals surface area (Å²) in [4.78, 5) is 62.4. The van der Waals surface area contributed by atoms with Crippen molar-refractivity contribution in [3.63, 3.8) is 0 Å². The Morgan fingerprint density at radius 1 is 0.946 bits per heavy atom. The molecule has 0 bridgehead atoms. The highest BCUT2D eigenvalue weighted by atomic mass is 32.2. The van der Waals surface area contributed by atoms with E-state index in [0.29, 0.717) is 11.3 Å². The third-order valence-corrected chi connectivity index (χ3v) is 6.75. The van der Waals surface area contributed by atoms with E-state index in [1.165, 1.54) is 6.26 Å². The van der Waals surface area contributed by atoms with Gasteiger partial charge in [-0.15, -0.1) is 0 Å². The van der Waals surface area contributed by atoms with Crippen LogP contribution < -0.4 is 0 Å². The molecule has 2 fully saturated rings. The van der Waals surface area contributed by atoms with Crippen LogP contribution in [-0.4, -0.2) is 76.3 Å². The van der Waals surface area contributed by atoms with Crippen LogP contribution in [0.3, 0.4) is 0 Å². The molecule has 14 heteroatoms. The maximum Gasteiger partial charge on any atom is 0.303 e. The van der Waals surface area contributed by atoms with Crippen LogP contribution in [0.25, 0.3) is 5.57 Å². The maximum absolute atomic E-state index is 13.6. The van der Waals surface area contributed by atoms with Crippen LogP contribution >= 0.6 is 24.0 Å². The van der Waals surface area contributed by atoms with Gasteiger partial charge < -0.3 is 28.1 Å². The summed E-state index contributed by atoms with van der Waals surface area (Å²) >= 11 is 6.44. The fraction of sp³-hybridized carbons (Fsp3) is 0.478. The van der Waals surface area contributed by atoms with E-state index >= 15 is 0 Å². The summed E-state index contributed by atoms with van der Waals surface area (Å²) in [5.41, 5.74) is 0.510. The van der Waals surface area contributed by atoms with Gasteiger partial charge in [-0.3, -0.25) is 28.9 Å². The van der Waals surface area contributed by atoms with Crippen molar-refractivity contribution in [1.29, 1.82) is 0 Å². The third kappa shape index (κ3) is 6.56. The van der Waals surface area contributed by atoms with Gasteiger partial charge >= 0.3 is 23.9 Å². The molecule has 2 saturated heterocycles. The quantitative estimate of drug-likeness (QED) is 0.209. The molecule has 0 unspecified atom stereocenters. The van der Waals surface area contributed by atoms with Crippen LogP contribution in [0.4, 0.5) is 0 Å². The second-order valence-corrected chi connectivity index (χ2v) is 9.71. The number of esters is 4. The summed E-state index contributed by atoms with van der Waals surface area (Å²) in [6.07, 6.45) is -5.41. The summed E-state index contributed by atoms with van der Waals surface area (Å²) in [5.74, 6) is -3.13. The van der Waals surface area contributed by atoms with Crippen LogP contribution in [-0.2, 0) is 47.7 Å². The summed E-state index contributed by atoms with van der Waals surface area (Å²) in [6, 6.07) is 3.34. The zero-order chi connectivity index (χ0) is 27.4. The molecule has 1 aromatic heterocycles. The molecule has 1 aromatic rings. The highest BCUT2D eigenvalue weighted by Gasteiger charge is 2.56. The van der Waals surface area contributed by atoms with E-state index in [4.69, 9.17) is 40.3 Å². The minimum atomic E-state index is -1.45. The number of carbonyl (C=O) groups is 5. The predicted octanol–water partition coefficient (Wildman–Crippen LogP) is 1.95. The van der Waals surface area contributed by atoms with Gasteiger partial charge in [0.15, 0.2) is 28.9 Å². The highest BCUT2D eigenvalue weighted by Crippen LogP contribution is 2.41. The fourth-order valence-electron chi connectivity index (χ4n) is 3.85. The number of thiocarbonyl (C=S) groups is 1. The number of nitrogens with zero attached hydrogens (tertiary/aromatic N) is 1. The first-order chi connectivity index (χ1) is 17.4. The fourth-order valence-corrected chi connectivity index (χ4v) is 5.18. The van der Waals surface area contributed by atoms with Gasteiger partial charge in [0.05, 0.1) is 11.2 Å². The van der Waals surface area contributed by atoms with Gasteiger partial charge in [-0.25, -0.2) is 0 Å². The molecule has 3 rings (SSSR count). The molecule has 0 N–H and O–H groups in total. The lowest BCUT2D eigenvalue weighted by Crippen LogP contribution is -2.66. The Labute approximate surface area is 221 Å². The van der Waals surface area contributed by atoms with Crippen LogP contribution in [0.2, 0.25) is 0 Å². The van der Waals surface area contributed by atoms with E-state index < -0.39 is 67.0 Å². The molecule has 0 spiro atoms. The van der Waals surface area contributed by atoms with Crippen LogP contribution in [0, 0.1) is 0 Å². The molecule has 0 saturated carbocycles. The molecule has 0 radical (unpaired) electrons. The van der Waals surface area contributed by atoms with Crippen molar-refractivity contribution in [1.82, 2.24) is 4.90 Å². The lowest BCUT2D eigenvalue weighted by Gasteiger charge is -2.46. The lowest BCUT2D eigenvalue weighted by molar-refractivity contribution is -0.268. The summed E-state index contributed by atoms with van der Waals surface area (Å²) < 4.78 is 32.8. The molecule has 1 amide bonds. The number of hydrogen-bond acceptors (Lipinski definition) is 13. The van der Waals surface area contributed by atoms with Gasteiger partial charge in [0, 0.05) is 33.3 Å². The van der Waals surface area contributed by atoms with Gasteiger partial charge in [-0.05, 0) is 19.1 Å². The number of ether oxygens (including phenoxy) is 5. The molecule has 200 valence electrons. The van der Waals surface area contributed by atoms with E-state index in [0.717, 1.165) is 44.4 Å². The number of carbonyl (C=O) groups excluding carboxylic acids is 5. The first kappa shape index (κ1) is 28.3.